The van der Waals surface area contributed by atoms with Gasteiger partial charge in [0.1, 0.15) is 11.1 Å². The van der Waals surface area contributed by atoms with Crippen molar-refractivity contribution in [2.24, 2.45) is 0 Å². The van der Waals surface area contributed by atoms with Crippen LogP contribution in [0.15, 0.2) is 83.7 Å². The molecule has 1 amide bonds. The second kappa shape index (κ2) is 7.72. The normalized spacial score (nSPS) is 11.0. The fourth-order valence-corrected chi connectivity index (χ4v) is 3.62. The molecule has 0 atom stereocenters. The van der Waals surface area contributed by atoms with E-state index in [1.807, 2.05) is 66.7 Å². The molecule has 0 spiro atoms. The molecular formula is C21H17BrN4O. The number of hydrogen-bond acceptors (Lipinski definition) is 3. The highest BCUT2D eigenvalue weighted by molar-refractivity contribution is 9.10. The quantitative estimate of drug-likeness (QED) is 0.528. The monoisotopic (exact) mass is 420 g/mol. The van der Waals surface area contributed by atoms with E-state index < -0.39 is 0 Å². The summed E-state index contributed by atoms with van der Waals surface area (Å²) in [6, 6.07) is 21.5. The third-order valence-electron chi connectivity index (χ3n) is 4.37. The second-order valence-electron chi connectivity index (χ2n) is 6.16. The predicted octanol–water partition coefficient (Wildman–Crippen LogP) is 4.10. The van der Waals surface area contributed by atoms with Crippen molar-refractivity contribution < 1.29 is 4.79 Å². The number of pyridine rings is 1. The van der Waals surface area contributed by atoms with Crippen LogP contribution in [0.3, 0.4) is 0 Å². The summed E-state index contributed by atoms with van der Waals surface area (Å²) < 4.78 is 2.37. The Hall–Kier alpha value is -2.99. The first-order valence-corrected chi connectivity index (χ1v) is 9.37. The highest BCUT2D eigenvalue weighted by Crippen LogP contribution is 2.23. The second-order valence-corrected chi connectivity index (χ2v) is 6.91. The molecule has 2 aromatic carbocycles. The predicted molar refractivity (Wildman–Crippen MR) is 108 cm³/mol. The van der Waals surface area contributed by atoms with Crippen LogP contribution >= 0.6 is 15.9 Å². The van der Waals surface area contributed by atoms with Gasteiger partial charge in [-0.25, -0.2) is 0 Å². The van der Waals surface area contributed by atoms with Crippen LogP contribution in [0.4, 0.5) is 0 Å². The third-order valence-corrected chi connectivity index (χ3v) is 4.96. The topological polar surface area (TPSA) is 59.8 Å². The van der Waals surface area contributed by atoms with Crippen LogP contribution < -0.4 is 5.32 Å². The Balaban J connectivity index is 1.60. The van der Waals surface area contributed by atoms with Crippen molar-refractivity contribution >= 4 is 32.7 Å². The van der Waals surface area contributed by atoms with Crippen LogP contribution in [0.25, 0.3) is 10.9 Å². The van der Waals surface area contributed by atoms with Gasteiger partial charge in [0, 0.05) is 11.6 Å². The minimum absolute atomic E-state index is 0.115. The number of halogens is 1. The Labute approximate surface area is 165 Å². The van der Waals surface area contributed by atoms with E-state index >= 15 is 0 Å². The molecule has 27 heavy (non-hydrogen) atoms. The van der Waals surface area contributed by atoms with Gasteiger partial charge in [-0.3, -0.25) is 14.5 Å². The summed E-state index contributed by atoms with van der Waals surface area (Å²) in [5.74, 6) is -0.117. The van der Waals surface area contributed by atoms with Crippen LogP contribution in [0.1, 0.15) is 17.2 Å². The first-order chi connectivity index (χ1) is 13.2. The molecule has 0 saturated heterocycles. The van der Waals surface area contributed by atoms with Crippen molar-refractivity contribution in [1.29, 1.82) is 0 Å². The van der Waals surface area contributed by atoms with Crippen LogP contribution in [0, 0.1) is 0 Å². The minimum Gasteiger partial charge on any atom is -0.344 e. The van der Waals surface area contributed by atoms with E-state index in [-0.39, 0.29) is 18.5 Å². The van der Waals surface area contributed by atoms with E-state index in [9.17, 15) is 4.79 Å². The molecule has 0 saturated carbocycles. The number of rotatable bonds is 5. The SMILES string of the molecule is O=C(Cn1nc(Br)c2ccncc21)NC(c1ccccc1)c1ccccc1. The number of carbonyl (C=O) groups excluding carboxylic acids is 1. The van der Waals surface area contributed by atoms with E-state index in [0.29, 0.717) is 4.60 Å². The van der Waals surface area contributed by atoms with Crippen molar-refractivity contribution in [3.05, 3.63) is 94.9 Å². The summed E-state index contributed by atoms with van der Waals surface area (Å²) in [4.78, 5) is 17.0. The standard InChI is InChI=1S/C21H17BrN4O/c22-21-17-11-12-23-13-18(17)26(25-21)14-19(27)24-20(15-7-3-1-4-8-15)16-9-5-2-6-10-16/h1-13,20H,14H2,(H,24,27). The lowest BCUT2D eigenvalue weighted by Crippen LogP contribution is -2.32. The molecule has 134 valence electrons. The maximum Gasteiger partial charge on any atom is 0.242 e. The highest BCUT2D eigenvalue weighted by Gasteiger charge is 2.18. The van der Waals surface area contributed by atoms with Gasteiger partial charge in [-0.1, -0.05) is 60.7 Å². The van der Waals surface area contributed by atoms with Crippen molar-refractivity contribution in [3.63, 3.8) is 0 Å². The van der Waals surface area contributed by atoms with Gasteiger partial charge in [0.05, 0.1) is 17.8 Å². The Bertz CT molecular complexity index is 1020. The lowest BCUT2D eigenvalue weighted by molar-refractivity contribution is -0.122. The summed E-state index contributed by atoms with van der Waals surface area (Å²) in [5.41, 5.74) is 2.88. The number of nitrogens with one attached hydrogen (secondary N) is 1. The molecule has 2 aromatic heterocycles. The van der Waals surface area contributed by atoms with Crippen LogP contribution in [0.2, 0.25) is 0 Å². The van der Waals surface area contributed by atoms with Gasteiger partial charge in [-0.2, -0.15) is 5.10 Å². The Morgan fingerprint density at radius 3 is 2.26 bits per heavy atom. The van der Waals surface area contributed by atoms with Gasteiger partial charge in [-0.05, 0) is 33.1 Å². The zero-order valence-electron chi connectivity index (χ0n) is 14.4. The number of amides is 1. The molecule has 0 radical (unpaired) electrons. The van der Waals surface area contributed by atoms with Crippen molar-refractivity contribution in [2.45, 2.75) is 12.6 Å². The molecule has 0 aliphatic heterocycles. The van der Waals surface area contributed by atoms with Gasteiger partial charge in [0.2, 0.25) is 5.91 Å². The molecule has 4 aromatic rings. The molecule has 5 nitrogen and oxygen atoms in total. The van der Waals surface area contributed by atoms with Gasteiger partial charge in [0.25, 0.3) is 0 Å². The molecular weight excluding hydrogens is 404 g/mol. The Kier molecular flexibility index (Phi) is 4.98. The molecule has 4 rings (SSSR count). The Morgan fingerprint density at radius 1 is 1.00 bits per heavy atom. The number of benzene rings is 2. The number of hydrogen-bond donors (Lipinski definition) is 1. The molecule has 2 heterocycles. The van der Waals surface area contributed by atoms with Crippen LogP contribution in [-0.2, 0) is 11.3 Å². The van der Waals surface area contributed by atoms with E-state index in [4.69, 9.17) is 0 Å². The number of carbonyl (C=O) groups is 1. The van der Waals surface area contributed by atoms with Crippen LogP contribution in [0.5, 0.6) is 0 Å². The van der Waals surface area contributed by atoms with Crippen molar-refractivity contribution in [2.75, 3.05) is 0 Å². The number of nitrogens with zero attached hydrogens (tertiary/aromatic N) is 3. The molecule has 0 aliphatic carbocycles. The fourth-order valence-electron chi connectivity index (χ4n) is 3.09. The first kappa shape index (κ1) is 17.4. The summed E-state index contributed by atoms with van der Waals surface area (Å²) >= 11 is 3.44. The first-order valence-electron chi connectivity index (χ1n) is 8.57. The fraction of sp³-hybridized carbons (Fsp3) is 0.0952. The van der Waals surface area contributed by atoms with Gasteiger partial charge in [-0.15, -0.1) is 0 Å². The largest absolute Gasteiger partial charge is 0.344 e. The van der Waals surface area contributed by atoms with E-state index in [1.165, 1.54) is 0 Å². The number of fused-ring (bicyclic) bond motifs is 1. The van der Waals surface area contributed by atoms with Gasteiger partial charge >= 0.3 is 0 Å². The third kappa shape index (κ3) is 3.75. The molecule has 6 heteroatoms. The minimum atomic E-state index is -0.219. The lowest BCUT2D eigenvalue weighted by atomic mass is 9.99. The molecule has 0 bridgehead atoms. The molecule has 0 aliphatic rings. The maximum atomic E-state index is 12.8. The smallest absolute Gasteiger partial charge is 0.242 e. The van der Waals surface area contributed by atoms with Crippen LogP contribution in [-0.4, -0.2) is 20.7 Å². The zero-order chi connectivity index (χ0) is 18.6. The van der Waals surface area contributed by atoms with Crippen molar-refractivity contribution in [3.8, 4) is 0 Å². The Morgan fingerprint density at radius 2 is 1.63 bits per heavy atom. The summed E-state index contributed by atoms with van der Waals surface area (Å²) in [7, 11) is 0. The highest BCUT2D eigenvalue weighted by atomic mass is 79.9. The number of aromatic nitrogens is 3. The van der Waals surface area contributed by atoms with Crippen molar-refractivity contribution in [1.82, 2.24) is 20.1 Å². The maximum absolute atomic E-state index is 12.8. The molecule has 0 fully saturated rings. The summed E-state index contributed by atoms with van der Waals surface area (Å²) in [6.45, 7) is 0.115. The van der Waals surface area contributed by atoms with Gasteiger partial charge in [0.15, 0.2) is 0 Å². The van der Waals surface area contributed by atoms with E-state index in [1.54, 1.807) is 17.1 Å². The summed E-state index contributed by atoms with van der Waals surface area (Å²) in [5, 5.41) is 8.48. The average molecular weight is 421 g/mol. The molecule has 0 unspecified atom stereocenters. The average Bonchev–Trinajstić information content (AvgIpc) is 3.03. The van der Waals surface area contributed by atoms with Gasteiger partial charge < -0.3 is 5.32 Å². The van der Waals surface area contributed by atoms with E-state index in [0.717, 1.165) is 22.0 Å². The zero-order valence-corrected chi connectivity index (χ0v) is 16.0. The molecule has 1 N–H and O–H groups in total. The van der Waals surface area contributed by atoms with E-state index in [2.05, 4.69) is 31.3 Å². The lowest BCUT2D eigenvalue weighted by Gasteiger charge is -2.20. The summed E-state index contributed by atoms with van der Waals surface area (Å²) in [6.07, 6.45) is 3.42.